The molecule has 3 rings (SSSR count). The summed E-state index contributed by atoms with van der Waals surface area (Å²) in [4.78, 5) is 0. The molecule has 0 saturated carbocycles. The largest absolute Gasteiger partial charge is 0.392 e. The number of benzene rings is 1. The molecule has 0 aliphatic heterocycles. The molecule has 0 radical (unpaired) electrons. The van der Waals surface area contributed by atoms with Gasteiger partial charge in [-0.2, -0.15) is 0 Å². The third-order valence-corrected chi connectivity index (χ3v) is 6.89. The number of aryl methyl sites for hydroxylation is 1. The van der Waals surface area contributed by atoms with E-state index in [1.165, 1.54) is 3.97 Å². The van der Waals surface area contributed by atoms with Crippen molar-refractivity contribution in [2.24, 2.45) is 0 Å². The molecule has 2 aromatic rings. The second-order valence-corrected chi connectivity index (χ2v) is 8.74. The average Bonchev–Trinajstić information content (AvgIpc) is 2.94. The lowest BCUT2D eigenvalue weighted by molar-refractivity contribution is 0.283. The van der Waals surface area contributed by atoms with Crippen molar-refractivity contribution in [1.82, 2.24) is 3.97 Å². The molecule has 4 nitrogen and oxygen atoms in total. The summed E-state index contributed by atoms with van der Waals surface area (Å²) >= 11 is 6.03. The van der Waals surface area contributed by atoms with Crippen LogP contribution in [0, 0.1) is 6.92 Å². The molecule has 1 aliphatic rings. The first-order valence-corrected chi connectivity index (χ1v) is 9.12. The minimum Gasteiger partial charge on any atom is -0.392 e. The Morgan fingerprint density at radius 3 is 2.74 bits per heavy atom. The number of fused-ring (bicyclic) bond motifs is 1. The molecule has 122 valence electrons. The Morgan fingerprint density at radius 1 is 1.35 bits per heavy atom. The fourth-order valence-corrected chi connectivity index (χ4v) is 5.13. The second kappa shape index (κ2) is 5.51. The van der Waals surface area contributed by atoms with E-state index in [1.807, 2.05) is 19.1 Å². The Kier molecular flexibility index (Phi) is 3.91. The number of aromatic nitrogens is 1. The molecule has 1 N–H and O–H groups in total. The zero-order chi connectivity index (χ0) is 16.8. The van der Waals surface area contributed by atoms with Crippen molar-refractivity contribution >= 4 is 32.5 Å². The highest BCUT2D eigenvalue weighted by Gasteiger charge is 2.39. The zero-order valence-corrected chi connectivity index (χ0v) is 14.5. The van der Waals surface area contributed by atoms with E-state index in [2.05, 4.69) is 0 Å². The van der Waals surface area contributed by atoms with Crippen molar-refractivity contribution in [1.29, 1.82) is 0 Å². The standard InChI is InChI=1S/C17H18ClNO3S/c1-12-5-6-13(11-20)15-7-9-19(16(12)15)23(21,22)17(2)8-3-4-14(18)10-17/h3-7,9-10,20H,8,11H2,1-2H3. The number of rotatable bonds is 3. The molecule has 0 spiro atoms. The van der Waals surface area contributed by atoms with Gasteiger partial charge < -0.3 is 5.11 Å². The highest BCUT2D eigenvalue weighted by atomic mass is 35.5. The van der Waals surface area contributed by atoms with Crippen molar-refractivity contribution in [3.05, 3.63) is 58.8 Å². The van der Waals surface area contributed by atoms with Crippen molar-refractivity contribution in [3.8, 4) is 0 Å². The van der Waals surface area contributed by atoms with E-state index in [1.54, 1.807) is 37.4 Å². The van der Waals surface area contributed by atoms with Crippen LogP contribution in [0.25, 0.3) is 10.9 Å². The lowest BCUT2D eigenvalue weighted by atomic mass is 10.0. The first-order valence-electron chi connectivity index (χ1n) is 7.30. The molecule has 6 heteroatoms. The maximum atomic E-state index is 13.2. The molecule has 1 unspecified atom stereocenters. The first-order chi connectivity index (χ1) is 10.8. The fraction of sp³-hybridized carbons (Fsp3) is 0.294. The van der Waals surface area contributed by atoms with E-state index < -0.39 is 14.8 Å². The summed E-state index contributed by atoms with van der Waals surface area (Å²) in [6.45, 7) is 3.40. The molecule has 1 aromatic carbocycles. The van der Waals surface area contributed by atoms with Crippen LogP contribution in [0.5, 0.6) is 0 Å². The predicted molar refractivity (Wildman–Crippen MR) is 93.0 cm³/mol. The summed E-state index contributed by atoms with van der Waals surface area (Å²) in [5.74, 6) is 0. The van der Waals surface area contributed by atoms with Gasteiger partial charge in [-0.1, -0.05) is 29.8 Å². The van der Waals surface area contributed by atoms with Crippen molar-refractivity contribution in [2.75, 3.05) is 0 Å². The minimum absolute atomic E-state index is 0.132. The van der Waals surface area contributed by atoms with Gasteiger partial charge in [-0.05, 0) is 49.6 Å². The quantitative estimate of drug-likeness (QED) is 0.921. The van der Waals surface area contributed by atoms with E-state index in [4.69, 9.17) is 11.6 Å². The molecule has 23 heavy (non-hydrogen) atoms. The van der Waals surface area contributed by atoms with E-state index >= 15 is 0 Å². The minimum atomic E-state index is -3.70. The fourth-order valence-electron chi connectivity index (χ4n) is 3.00. The summed E-state index contributed by atoms with van der Waals surface area (Å²) in [6, 6.07) is 5.38. The van der Waals surface area contributed by atoms with Crippen LogP contribution in [0.3, 0.4) is 0 Å². The number of hydrogen-bond acceptors (Lipinski definition) is 3. The van der Waals surface area contributed by atoms with Crippen LogP contribution in [0.15, 0.2) is 47.7 Å². The third-order valence-electron chi connectivity index (χ3n) is 4.37. The smallest absolute Gasteiger partial charge is 0.248 e. The molecule has 0 bridgehead atoms. The number of allylic oxidation sites excluding steroid dienone is 3. The van der Waals surface area contributed by atoms with E-state index in [-0.39, 0.29) is 6.61 Å². The number of halogens is 1. The molecular formula is C17H18ClNO3S. The van der Waals surface area contributed by atoms with Crippen LogP contribution in [-0.4, -0.2) is 22.2 Å². The number of aliphatic hydroxyl groups is 1. The molecule has 1 atom stereocenters. The molecule has 0 fully saturated rings. The summed E-state index contributed by atoms with van der Waals surface area (Å²) in [5, 5.41) is 10.7. The normalized spacial score (nSPS) is 21.7. The molecule has 1 aliphatic carbocycles. The summed E-state index contributed by atoms with van der Waals surface area (Å²) in [7, 11) is -3.70. The van der Waals surface area contributed by atoms with Gasteiger partial charge >= 0.3 is 0 Å². The van der Waals surface area contributed by atoms with Crippen molar-refractivity contribution in [2.45, 2.75) is 31.6 Å². The Labute approximate surface area is 140 Å². The Hall–Kier alpha value is -1.56. The van der Waals surface area contributed by atoms with Gasteiger partial charge in [0, 0.05) is 16.6 Å². The highest BCUT2D eigenvalue weighted by Crippen LogP contribution is 2.35. The van der Waals surface area contributed by atoms with Gasteiger partial charge in [0.15, 0.2) is 0 Å². The lowest BCUT2D eigenvalue weighted by Gasteiger charge is -2.28. The topological polar surface area (TPSA) is 59.3 Å². The Bertz CT molecular complexity index is 940. The van der Waals surface area contributed by atoms with Gasteiger partial charge in [-0.25, -0.2) is 12.4 Å². The molecule has 1 heterocycles. The van der Waals surface area contributed by atoms with E-state index in [0.29, 0.717) is 22.5 Å². The monoisotopic (exact) mass is 351 g/mol. The summed E-state index contributed by atoms with van der Waals surface area (Å²) in [6.07, 6.45) is 6.99. The average molecular weight is 352 g/mol. The van der Waals surface area contributed by atoms with Gasteiger partial charge in [0.2, 0.25) is 10.0 Å². The Morgan fingerprint density at radius 2 is 2.09 bits per heavy atom. The van der Waals surface area contributed by atoms with E-state index in [0.717, 1.165) is 10.9 Å². The zero-order valence-electron chi connectivity index (χ0n) is 13.0. The molecule has 0 amide bonds. The SMILES string of the molecule is Cc1ccc(CO)c2ccn(S(=O)(=O)C3(C)C=C(Cl)C=CC3)c12. The maximum Gasteiger partial charge on any atom is 0.248 e. The van der Waals surface area contributed by atoms with Gasteiger partial charge in [-0.15, -0.1) is 0 Å². The number of hydrogen-bond donors (Lipinski definition) is 1. The lowest BCUT2D eigenvalue weighted by Crippen LogP contribution is -2.38. The highest BCUT2D eigenvalue weighted by molar-refractivity contribution is 7.91. The summed E-state index contributed by atoms with van der Waals surface area (Å²) in [5.41, 5.74) is 2.16. The number of aliphatic hydroxyl groups excluding tert-OH is 1. The van der Waals surface area contributed by atoms with Crippen LogP contribution < -0.4 is 0 Å². The molecular weight excluding hydrogens is 334 g/mol. The third kappa shape index (κ3) is 2.43. The van der Waals surface area contributed by atoms with Crippen LogP contribution in [0.1, 0.15) is 24.5 Å². The Balaban J connectivity index is 2.27. The van der Waals surface area contributed by atoms with Crippen LogP contribution >= 0.6 is 11.6 Å². The van der Waals surface area contributed by atoms with Gasteiger partial charge in [-0.3, -0.25) is 0 Å². The van der Waals surface area contributed by atoms with Crippen molar-refractivity contribution in [3.63, 3.8) is 0 Å². The molecule has 1 aromatic heterocycles. The first kappa shape index (κ1) is 16.3. The number of nitrogens with zero attached hydrogens (tertiary/aromatic N) is 1. The molecule has 0 saturated heterocycles. The van der Waals surface area contributed by atoms with Gasteiger partial charge in [0.1, 0.15) is 4.75 Å². The van der Waals surface area contributed by atoms with Gasteiger partial charge in [0.25, 0.3) is 0 Å². The predicted octanol–water partition coefficient (Wildman–Crippen LogP) is 3.46. The van der Waals surface area contributed by atoms with Gasteiger partial charge in [0.05, 0.1) is 12.1 Å². The van der Waals surface area contributed by atoms with Crippen LogP contribution in [0.4, 0.5) is 0 Å². The maximum absolute atomic E-state index is 13.2. The van der Waals surface area contributed by atoms with Crippen LogP contribution in [-0.2, 0) is 16.6 Å². The summed E-state index contributed by atoms with van der Waals surface area (Å²) < 4.78 is 26.7. The van der Waals surface area contributed by atoms with E-state index in [9.17, 15) is 13.5 Å². The second-order valence-electron chi connectivity index (χ2n) is 6.03. The van der Waals surface area contributed by atoms with Crippen LogP contribution in [0.2, 0.25) is 0 Å². The van der Waals surface area contributed by atoms with Crippen molar-refractivity contribution < 1.29 is 13.5 Å².